The van der Waals surface area contributed by atoms with Crippen molar-refractivity contribution in [3.05, 3.63) is 17.5 Å². The van der Waals surface area contributed by atoms with Crippen molar-refractivity contribution in [1.82, 2.24) is 5.16 Å². The summed E-state index contributed by atoms with van der Waals surface area (Å²) in [6.45, 7) is 7.76. The fraction of sp³-hybridized carbons (Fsp3) is 0.667. The SMILES string of the molecule is Cc1nocc1C(O)C(C)(C)C. The van der Waals surface area contributed by atoms with E-state index in [1.165, 1.54) is 6.26 Å². The molecule has 12 heavy (non-hydrogen) atoms. The van der Waals surface area contributed by atoms with E-state index in [2.05, 4.69) is 5.16 Å². The molecule has 68 valence electrons. The molecule has 0 saturated carbocycles. The Morgan fingerprint density at radius 2 is 2.08 bits per heavy atom. The van der Waals surface area contributed by atoms with E-state index in [-0.39, 0.29) is 5.41 Å². The fourth-order valence-corrected chi connectivity index (χ4v) is 1.03. The summed E-state index contributed by atoms with van der Waals surface area (Å²) in [6, 6.07) is 0. The second-order valence-corrected chi connectivity index (χ2v) is 4.12. The Morgan fingerprint density at radius 3 is 2.42 bits per heavy atom. The molecule has 3 heteroatoms. The van der Waals surface area contributed by atoms with E-state index in [1.807, 2.05) is 27.7 Å². The zero-order valence-electron chi connectivity index (χ0n) is 7.96. The number of hydrogen-bond acceptors (Lipinski definition) is 3. The van der Waals surface area contributed by atoms with Gasteiger partial charge in [-0.2, -0.15) is 0 Å². The normalized spacial score (nSPS) is 14.8. The molecule has 0 bridgehead atoms. The van der Waals surface area contributed by atoms with Gasteiger partial charge in [0.15, 0.2) is 0 Å². The Bertz CT molecular complexity index is 260. The van der Waals surface area contributed by atoms with Crippen LogP contribution < -0.4 is 0 Å². The van der Waals surface area contributed by atoms with E-state index in [0.29, 0.717) is 0 Å². The first-order chi connectivity index (χ1) is 5.43. The lowest BCUT2D eigenvalue weighted by atomic mass is 9.85. The maximum atomic E-state index is 9.83. The highest BCUT2D eigenvalue weighted by atomic mass is 16.5. The van der Waals surface area contributed by atoms with Crippen LogP contribution >= 0.6 is 0 Å². The number of aryl methyl sites for hydroxylation is 1. The highest BCUT2D eigenvalue weighted by Crippen LogP contribution is 2.33. The standard InChI is InChI=1S/C9H15NO2/c1-6-7(5-12-10-6)8(11)9(2,3)4/h5,8,11H,1-4H3. The number of hydrogen-bond donors (Lipinski definition) is 1. The van der Waals surface area contributed by atoms with Gasteiger partial charge in [0.25, 0.3) is 0 Å². The summed E-state index contributed by atoms with van der Waals surface area (Å²) < 4.78 is 4.75. The van der Waals surface area contributed by atoms with Crippen molar-refractivity contribution in [3.63, 3.8) is 0 Å². The van der Waals surface area contributed by atoms with Crippen molar-refractivity contribution in [1.29, 1.82) is 0 Å². The van der Waals surface area contributed by atoms with Crippen molar-refractivity contribution in [2.75, 3.05) is 0 Å². The van der Waals surface area contributed by atoms with Crippen molar-refractivity contribution in [2.24, 2.45) is 5.41 Å². The van der Waals surface area contributed by atoms with Gasteiger partial charge in [0.1, 0.15) is 6.26 Å². The number of nitrogens with zero attached hydrogens (tertiary/aromatic N) is 1. The molecule has 0 spiro atoms. The summed E-state index contributed by atoms with van der Waals surface area (Å²) in [5, 5.41) is 13.5. The molecule has 1 atom stereocenters. The van der Waals surface area contributed by atoms with Gasteiger partial charge in [0.2, 0.25) is 0 Å². The van der Waals surface area contributed by atoms with Crippen LogP contribution in [-0.4, -0.2) is 10.3 Å². The Kier molecular flexibility index (Phi) is 2.24. The Morgan fingerprint density at radius 1 is 1.50 bits per heavy atom. The monoisotopic (exact) mass is 169 g/mol. The van der Waals surface area contributed by atoms with Gasteiger partial charge < -0.3 is 9.63 Å². The summed E-state index contributed by atoms with van der Waals surface area (Å²) in [7, 11) is 0. The Balaban J connectivity index is 2.92. The number of aromatic nitrogens is 1. The molecule has 0 saturated heterocycles. The average molecular weight is 169 g/mol. The predicted octanol–water partition coefficient (Wildman–Crippen LogP) is 2.06. The van der Waals surface area contributed by atoms with Crippen LogP contribution in [-0.2, 0) is 0 Å². The van der Waals surface area contributed by atoms with Gasteiger partial charge in [0.05, 0.1) is 11.8 Å². The molecular formula is C9H15NO2. The van der Waals surface area contributed by atoms with E-state index in [1.54, 1.807) is 0 Å². The molecule has 0 fully saturated rings. The van der Waals surface area contributed by atoms with E-state index in [0.717, 1.165) is 11.3 Å². The first-order valence-electron chi connectivity index (χ1n) is 4.02. The third kappa shape index (κ3) is 1.67. The van der Waals surface area contributed by atoms with Crippen LogP contribution in [0.4, 0.5) is 0 Å². The lowest BCUT2D eigenvalue weighted by molar-refractivity contribution is 0.0616. The molecule has 0 aliphatic rings. The van der Waals surface area contributed by atoms with Crippen LogP contribution in [0.25, 0.3) is 0 Å². The molecule has 0 aromatic carbocycles. The molecule has 1 aromatic rings. The number of aliphatic hydroxyl groups excluding tert-OH is 1. The Labute approximate surface area is 72.4 Å². The van der Waals surface area contributed by atoms with Gasteiger partial charge in [-0.3, -0.25) is 0 Å². The van der Waals surface area contributed by atoms with E-state index in [9.17, 15) is 5.11 Å². The van der Waals surface area contributed by atoms with Gasteiger partial charge in [-0.25, -0.2) is 0 Å². The molecule has 3 nitrogen and oxygen atoms in total. The topological polar surface area (TPSA) is 46.3 Å². The van der Waals surface area contributed by atoms with Crippen LogP contribution in [0.1, 0.15) is 38.1 Å². The smallest absolute Gasteiger partial charge is 0.129 e. The average Bonchev–Trinajstić information content (AvgIpc) is 2.31. The molecule has 1 N–H and O–H groups in total. The maximum absolute atomic E-state index is 9.83. The fourth-order valence-electron chi connectivity index (χ4n) is 1.03. The van der Waals surface area contributed by atoms with Crippen LogP contribution in [0.2, 0.25) is 0 Å². The minimum atomic E-state index is -0.510. The highest BCUT2D eigenvalue weighted by Gasteiger charge is 2.26. The molecule has 0 amide bonds. The minimum absolute atomic E-state index is 0.170. The summed E-state index contributed by atoms with van der Waals surface area (Å²) in [5.41, 5.74) is 1.37. The van der Waals surface area contributed by atoms with Gasteiger partial charge in [-0.15, -0.1) is 0 Å². The van der Waals surface area contributed by atoms with Gasteiger partial charge in [-0.05, 0) is 12.3 Å². The van der Waals surface area contributed by atoms with Crippen molar-refractivity contribution < 1.29 is 9.63 Å². The molecule has 0 aliphatic heterocycles. The summed E-state index contributed by atoms with van der Waals surface area (Å²) in [5.74, 6) is 0. The van der Waals surface area contributed by atoms with E-state index >= 15 is 0 Å². The first kappa shape index (κ1) is 9.26. The third-order valence-corrected chi connectivity index (χ3v) is 1.90. The zero-order valence-corrected chi connectivity index (χ0v) is 7.96. The van der Waals surface area contributed by atoms with Gasteiger partial charge in [-0.1, -0.05) is 25.9 Å². The first-order valence-corrected chi connectivity index (χ1v) is 4.02. The minimum Gasteiger partial charge on any atom is -0.388 e. The van der Waals surface area contributed by atoms with Crippen LogP contribution in [0, 0.1) is 12.3 Å². The summed E-state index contributed by atoms with van der Waals surface area (Å²) in [6.07, 6.45) is 0.995. The highest BCUT2D eigenvalue weighted by molar-refractivity contribution is 5.17. The largest absolute Gasteiger partial charge is 0.388 e. The lowest BCUT2D eigenvalue weighted by Crippen LogP contribution is -2.17. The number of aliphatic hydroxyl groups is 1. The molecule has 1 heterocycles. The predicted molar refractivity (Wildman–Crippen MR) is 45.7 cm³/mol. The second-order valence-electron chi connectivity index (χ2n) is 4.12. The quantitative estimate of drug-likeness (QED) is 0.700. The molecule has 0 radical (unpaired) electrons. The lowest BCUT2D eigenvalue weighted by Gasteiger charge is -2.24. The third-order valence-electron chi connectivity index (χ3n) is 1.90. The van der Waals surface area contributed by atoms with Crippen molar-refractivity contribution in [3.8, 4) is 0 Å². The molecular weight excluding hydrogens is 154 g/mol. The van der Waals surface area contributed by atoms with Gasteiger partial charge in [0, 0.05) is 5.56 Å². The summed E-state index contributed by atoms with van der Waals surface area (Å²) >= 11 is 0. The van der Waals surface area contributed by atoms with Crippen LogP contribution in [0.15, 0.2) is 10.8 Å². The van der Waals surface area contributed by atoms with Gasteiger partial charge >= 0.3 is 0 Å². The molecule has 0 aliphatic carbocycles. The van der Waals surface area contributed by atoms with Crippen LogP contribution in [0.3, 0.4) is 0 Å². The van der Waals surface area contributed by atoms with Crippen molar-refractivity contribution in [2.45, 2.75) is 33.8 Å². The van der Waals surface area contributed by atoms with Crippen LogP contribution in [0.5, 0.6) is 0 Å². The Hall–Kier alpha value is -0.830. The molecule has 1 aromatic heterocycles. The van der Waals surface area contributed by atoms with E-state index in [4.69, 9.17) is 4.52 Å². The number of rotatable bonds is 1. The van der Waals surface area contributed by atoms with Crippen molar-refractivity contribution >= 4 is 0 Å². The zero-order chi connectivity index (χ0) is 9.35. The van der Waals surface area contributed by atoms with E-state index < -0.39 is 6.10 Å². The molecule has 1 unspecified atom stereocenters. The molecule has 1 rings (SSSR count). The second kappa shape index (κ2) is 2.90. The summed E-state index contributed by atoms with van der Waals surface area (Å²) in [4.78, 5) is 0. The maximum Gasteiger partial charge on any atom is 0.129 e.